The average Bonchev–Trinajstić information content (AvgIpc) is 2.65. The van der Waals surface area contributed by atoms with E-state index in [1.165, 1.54) is 11.2 Å². The third kappa shape index (κ3) is 2.35. The smallest absolute Gasteiger partial charge is 0.290 e. The molecule has 0 aliphatic rings. The highest BCUT2D eigenvalue weighted by Gasteiger charge is 2.17. The molecular weight excluding hydrogens is 184 g/mol. The minimum atomic E-state index is -0.535. The Balaban J connectivity index is 2.70. The van der Waals surface area contributed by atoms with Crippen LogP contribution in [0.2, 0.25) is 0 Å². The molecule has 5 nitrogen and oxygen atoms in total. The van der Waals surface area contributed by atoms with Crippen LogP contribution in [0.5, 0.6) is 0 Å². The second-order valence-corrected chi connectivity index (χ2v) is 2.76. The van der Waals surface area contributed by atoms with Crippen LogP contribution < -0.4 is 5.73 Å². The summed E-state index contributed by atoms with van der Waals surface area (Å²) in [6.45, 7) is 2.10. The molecule has 0 aliphatic heterocycles. The quantitative estimate of drug-likeness (QED) is 0.748. The summed E-state index contributed by atoms with van der Waals surface area (Å²) in [6, 6.07) is 3.16. The van der Waals surface area contributed by atoms with E-state index in [1.54, 1.807) is 19.1 Å². The molecule has 0 radical (unpaired) electrons. The summed E-state index contributed by atoms with van der Waals surface area (Å²) in [5.41, 5.74) is 5.00. The molecule has 0 bridgehead atoms. The summed E-state index contributed by atoms with van der Waals surface area (Å²) in [5, 5.41) is 0. The molecule has 0 saturated heterocycles. The van der Waals surface area contributed by atoms with E-state index in [4.69, 9.17) is 10.2 Å². The molecule has 0 aromatic carbocycles. The second kappa shape index (κ2) is 4.45. The van der Waals surface area contributed by atoms with Gasteiger partial charge in [0.25, 0.3) is 5.91 Å². The van der Waals surface area contributed by atoms with Gasteiger partial charge >= 0.3 is 0 Å². The molecule has 2 amide bonds. The number of amides is 2. The summed E-state index contributed by atoms with van der Waals surface area (Å²) in [6.07, 6.45) is 1.41. The van der Waals surface area contributed by atoms with Crippen molar-refractivity contribution in [3.05, 3.63) is 24.2 Å². The summed E-state index contributed by atoms with van der Waals surface area (Å²) in [7, 11) is 0. The van der Waals surface area contributed by atoms with Gasteiger partial charge < -0.3 is 15.1 Å². The third-order valence-electron chi connectivity index (χ3n) is 1.75. The molecule has 0 saturated carbocycles. The number of nitrogens with two attached hydrogens (primary N) is 1. The van der Waals surface area contributed by atoms with Crippen LogP contribution in [0.1, 0.15) is 17.5 Å². The van der Waals surface area contributed by atoms with Gasteiger partial charge in [-0.2, -0.15) is 0 Å². The predicted octanol–water partition coefficient (Wildman–Crippen LogP) is 0.227. The van der Waals surface area contributed by atoms with E-state index >= 15 is 0 Å². The number of carbonyl (C=O) groups excluding carboxylic acids is 2. The van der Waals surface area contributed by atoms with Crippen LogP contribution in [0.4, 0.5) is 0 Å². The maximum Gasteiger partial charge on any atom is 0.290 e. The van der Waals surface area contributed by atoms with Crippen molar-refractivity contribution in [2.24, 2.45) is 5.73 Å². The lowest BCUT2D eigenvalue weighted by molar-refractivity contribution is -0.118. The van der Waals surface area contributed by atoms with Gasteiger partial charge in [0.15, 0.2) is 5.76 Å². The average molecular weight is 196 g/mol. The molecule has 1 aromatic heterocycles. The number of likely N-dealkylation sites (N-methyl/N-ethyl adjacent to an activating group) is 1. The summed E-state index contributed by atoms with van der Waals surface area (Å²) < 4.78 is 4.92. The van der Waals surface area contributed by atoms with Crippen molar-refractivity contribution >= 4 is 11.8 Å². The molecular formula is C9H12N2O3. The molecule has 5 heteroatoms. The lowest BCUT2D eigenvalue weighted by atomic mass is 10.3. The molecule has 0 spiro atoms. The van der Waals surface area contributed by atoms with E-state index in [9.17, 15) is 9.59 Å². The van der Waals surface area contributed by atoms with Crippen molar-refractivity contribution in [1.82, 2.24) is 4.90 Å². The minimum Gasteiger partial charge on any atom is -0.459 e. The summed E-state index contributed by atoms with van der Waals surface area (Å²) in [4.78, 5) is 23.6. The van der Waals surface area contributed by atoms with Crippen molar-refractivity contribution in [3.63, 3.8) is 0 Å². The van der Waals surface area contributed by atoms with E-state index in [2.05, 4.69) is 0 Å². The van der Waals surface area contributed by atoms with Crippen molar-refractivity contribution < 1.29 is 14.0 Å². The van der Waals surface area contributed by atoms with Gasteiger partial charge in [0.2, 0.25) is 5.91 Å². The first kappa shape index (κ1) is 10.3. The minimum absolute atomic E-state index is 0.0873. The molecule has 1 heterocycles. The van der Waals surface area contributed by atoms with Gasteiger partial charge in [0.05, 0.1) is 12.8 Å². The normalized spacial score (nSPS) is 9.79. The zero-order valence-electron chi connectivity index (χ0n) is 7.90. The second-order valence-electron chi connectivity index (χ2n) is 2.76. The van der Waals surface area contributed by atoms with Gasteiger partial charge in [-0.25, -0.2) is 0 Å². The van der Waals surface area contributed by atoms with Crippen molar-refractivity contribution in [2.75, 3.05) is 13.1 Å². The Kier molecular flexibility index (Phi) is 3.28. The molecule has 1 aromatic rings. The first-order valence-corrected chi connectivity index (χ1v) is 4.26. The number of carbonyl (C=O) groups is 2. The largest absolute Gasteiger partial charge is 0.459 e. The maximum absolute atomic E-state index is 11.6. The Bertz CT molecular complexity index is 319. The Morgan fingerprint density at radius 2 is 2.29 bits per heavy atom. The van der Waals surface area contributed by atoms with Crippen LogP contribution in [0.25, 0.3) is 0 Å². The van der Waals surface area contributed by atoms with Gasteiger partial charge in [-0.3, -0.25) is 9.59 Å². The monoisotopic (exact) mass is 196 g/mol. The molecule has 76 valence electrons. The number of primary amides is 1. The van der Waals surface area contributed by atoms with Crippen molar-refractivity contribution in [1.29, 1.82) is 0 Å². The van der Waals surface area contributed by atoms with Crippen LogP contribution in [0.15, 0.2) is 22.8 Å². The number of hydrogen-bond acceptors (Lipinski definition) is 3. The van der Waals surface area contributed by atoms with E-state index in [-0.39, 0.29) is 18.2 Å². The number of rotatable bonds is 4. The third-order valence-corrected chi connectivity index (χ3v) is 1.75. The maximum atomic E-state index is 11.6. The zero-order chi connectivity index (χ0) is 10.6. The Hall–Kier alpha value is -1.78. The van der Waals surface area contributed by atoms with Crippen LogP contribution in [-0.2, 0) is 4.79 Å². The van der Waals surface area contributed by atoms with Crippen LogP contribution in [0, 0.1) is 0 Å². The molecule has 0 unspecified atom stereocenters. The SMILES string of the molecule is CCN(CC(N)=O)C(=O)c1ccco1. The molecule has 14 heavy (non-hydrogen) atoms. The summed E-state index contributed by atoms with van der Waals surface area (Å²) >= 11 is 0. The highest BCUT2D eigenvalue weighted by molar-refractivity contribution is 5.93. The lowest BCUT2D eigenvalue weighted by Gasteiger charge is -2.17. The Morgan fingerprint density at radius 3 is 2.71 bits per heavy atom. The van der Waals surface area contributed by atoms with Crippen LogP contribution in [-0.4, -0.2) is 29.8 Å². The fraction of sp³-hybridized carbons (Fsp3) is 0.333. The first-order valence-electron chi connectivity index (χ1n) is 4.26. The van der Waals surface area contributed by atoms with Gasteiger partial charge in [-0.15, -0.1) is 0 Å². The van der Waals surface area contributed by atoms with Gasteiger partial charge in [0.1, 0.15) is 0 Å². The van der Waals surface area contributed by atoms with Gasteiger partial charge in [-0.05, 0) is 19.1 Å². The fourth-order valence-electron chi connectivity index (χ4n) is 1.07. The number of furan rings is 1. The lowest BCUT2D eigenvalue weighted by Crippen LogP contribution is -2.38. The van der Waals surface area contributed by atoms with Crippen molar-refractivity contribution in [3.8, 4) is 0 Å². The molecule has 0 atom stereocenters. The van der Waals surface area contributed by atoms with E-state index in [0.717, 1.165) is 0 Å². The first-order chi connectivity index (χ1) is 6.65. The van der Waals surface area contributed by atoms with Gasteiger partial charge in [0, 0.05) is 6.54 Å². The number of hydrogen-bond donors (Lipinski definition) is 1. The van der Waals surface area contributed by atoms with E-state index in [0.29, 0.717) is 6.54 Å². The molecule has 1 rings (SSSR count). The standard InChI is InChI=1S/C9H12N2O3/c1-2-11(6-8(10)12)9(13)7-4-3-5-14-7/h3-5H,2,6H2,1H3,(H2,10,12). The van der Waals surface area contributed by atoms with E-state index < -0.39 is 5.91 Å². The van der Waals surface area contributed by atoms with Gasteiger partial charge in [-0.1, -0.05) is 0 Å². The summed E-state index contributed by atoms with van der Waals surface area (Å²) in [5.74, 6) is -0.642. The molecule has 2 N–H and O–H groups in total. The zero-order valence-corrected chi connectivity index (χ0v) is 7.90. The fourth-order valence-corrected chi connectivity index (χ4v) is 1.07. The molecule has 0 fully saturated rings. The van der Waals surface area contributed by atoms with Crippen LogP contribution >= 0.6 is 0 Å². The topological polar surface area (TPSA) is 76.5 Å². The Morgan fingerprint density at radius 1 is 1.57 bits per heavy atom. The highest BCUT2D eigenvalue weighted by atomic mass is 16.3. The highest BCUT2D eigenvalue weighted by Crippen LogP contribution is 2.04. The van der Waals surface area contributed by atoms with E-state index in [1.807, 2.05) is 0 Å². The van der Waals surface area contributed by atoms with Crippen molar-refractivity contribution in [2.45, 2.75) is 6.92 Å². The predicted molar refractivity (Wildman–Crippen MR) is 49.5 cm³/mol. The van der Waals surface area contributed by atoms with Crippen LogP contribution in [0.3, 0.4) is 0 Å². The molecule has 0 aliphatic carbocycles. The number of nitrogens with zero attached hydrogens (tertiary/aromatic N) is 1. The Labute approximate surface area is 81.5 Å².